The average Bonchev–Trinajstić information content (AvgIpc) is 2.17. The van der Waals surface area contributed by atoms with E-state index in [1.165, 1.54) is 11.8 Å². The number of hydrogen-bond donors (Lipinski definition) is 0. The maximum absolute atomic E-state index is 11.2. The first-order chi connectivity index (χ1) is 7.58. The highest BCUT2D eigenvalue weighted by Crippen LogP contribution is 2.20. The van der Waals surface area contributed by atoms with Crippen molar-refractivity contribution in [1.82, 2.24) is 9.97 Å². The van der Waals surface area contributed by atoms with E-state index in [9.17, 15) is 4.79 Å². The molecule has 1 rings (SSSR count). The van der Waals surface area contributed by atoms with E-state index in [0.29, 0.717) is 5.03 Å². The smallest absolute Gasteiger partial charge is 0.432 e. The Morgan fingerprint density at radius 3 is 2.62 bits per heavy atom. The number of carbonyl (C=O) groups is 1. The van der Waals surface area contributed by atoms with Crippen molar-refractivity contribution in [2.75, 3.05) is 0 Å². The second kappa shape index (κ2) is 6.32. The summed E-state index contributed by atoms with van der Waals surface area (Å²) in [5.74, 6) is 0. The van der Waals surface area contributed by atoms with E-state index in [1.54, 1.807) is 39.4 Å². The van der Waals surface area contributed by atoms with Crippen LogP contribution in [0.1, 0.15) is 20.8 Å². The van der Waals surface area contributed by atoms with Crippen LogP contribution in [-0.2, 0) is 9.47 Å². The maximum Gasteiger partial charge on any atom is 0.509 e. The molecule has 0 aliphatic rings. The molecule has 0 radical (unpaired) electrons. The molecule has 0 bridgehead atoms. The van der Waals surface area contributed by atoms with Gasteiger partial charge in [0.2, 0.25) is 0 Å². The summed E-state index contributed by atoms with van der Waals surface area (Å²) in [5, 5.41) is 0.701. The van der Waals surface area contributed by atoms with Gasteiger partial charge in [0.25, 0.3) is 0 Å². The first kappa shape index (κ1) is 12.8. The Morgan fingerprint density at radius 2 is 2.06 bits per heavy atom. The van der Waals surface area contributed by atoms with Crippen molar-refractivity contribution in [1.29, 1.82) is 0 Å². The molecule has 0 aromatic carbocycles. The van der Waals surface area contributed by atoms with Gasteiger partial charge < -0.3 is 9.47 Å². The minimum atomic E-state index is -0.668. The third-order valence-electron chi connectivity index (χ3n) is 1.42. The van der Waals surface area contributed by atoms with Gasteiger partial charge in [-0.05, 0) is 20.8 Å². The molecule has 16 heavy (non-hydrogen) atoms. The third kappa shape index (κ3) is 4.97. The van der Waals surface area contributed by atoms with Crippen LogP contribution in [0.15, 0.2) is 23.6 Å². The van der Waals surface area contributed by atoms with E-state index in [-0.39, 0.29) is 11.5 Å². The summed E-state index contributed by atoms with van der Waals surface area (Å²) in [5.41, 5.74) is -0.358. The zero-order valence-electron chi connectivity index (χ0n) is 9.41. The number of rotatable bonds is 4. The minimum absolute atomic E-state index is 0.179. The highest BCUT2D eigenvalue weighted by Gasteiger charge is 2.13. The molecule has 0 saturated carbocycles. The molecule has 0 amide bonds. The van der Waals surface area contributed by atoms with Crippen molar-refractivity contribution >= 4 is 17.9 Å². The van der Waals surface area contributed by atoms with Crippen molar-refractivity contribution in [3.8, 4) is 0 Å². The van der Waals surface area contributed by atoms with Gasteiger partial charge in [0.05, 0.1) is 12.3 Å². The fourth-order valence-corrected chi connectivity index (χ4v) is 1.61. The van der Waals surface area contributed by atoms with Gasteiger partial charge in [0, 0.05) is 12.4 Å². The van der Waals surface area contributed by atoms with Crippen molar-refractivity contribution in [2.45, 2.75) is 37.3 Å². The van der Waals surface area contributed by atoms with Crippen molar-refractivity contribution in [3.63, 3.8) is 0 Å². The average molecular weight is 242 g/mol. The molecule has 0 fully saturated rings. The predicted molar refractivity (Wildman–Crippen MR) is 60.1 cm³/mol. The number of aromatic nitrogens is 2. The van der Waals surface area contributed by atoms with Gasteiger partial charge in [-0.15, -0.1) is 0 Å². The molecule has 5 nitrogen and oxygen atoms in total. The van der Waals surface area contributed by atoms with E-state index >= 15 is 0 Å². The van der Waals surface area contributed by atoms with Crippen molar-refractivity contribution in [3.05, 3.63) is 18.6 Å². The van der Waals surface area contributed by atoms with Gasteiger partial charge in [-0.3, -0.25) is 4.98 Å². The van der Waals surface area contributed by atoms with E-state index < -0.39 is 6.16 Å². The fraction of sp³-hybridized carbons (Fsp3) is 0.500. The molecular weight excluding hydrogens is 228 g/mol. The molecule has 0 aliphatic carbocycles. The van der Waals surface area contributed by atoms with Gasteiger partial charge in [0.1, 0.15) is 5.03 Å². The van der Waals surface area contributed by atoms with Gasteiger partial charge >= 0.3 is 6.16 Å². The first-order valence-electron chi connectivity index (χ1n) is 4.88. The zero-order valence-corrected chi connectivity index (χ0v) is 10.2. The quantitative estimate of drug-likeness (QED) is 0.459. The van der Waals surface area contributed by atoms with Crippen molar-refractivity contribution < 1.29 is 14.3 Å². The van der Waals surface area contributed by atoms with Crippen LogP contribution < -0.4 is 0 Å². The number of carbonyl (C=O) groups excluding carboxylic acids is 1. The van der Waals surface area contributed by atoms with Crippen LogP contribution in [0.3, 0.4) is 0 Å². The Balaban J connectivity index is 2.36. The summed E-state index contributed by atoms with van der Waals surface area (Å²) in [7, 11) is 0. The monoisotopic (exact) mass is 242 g/mol. The van der Waals surface area contributed by atoms with Crippen LogP contribution in [0.25, 0.3) is 0 Å². The Kier molecular flexibility index (Phi) is 5.04. The summed E-state index contributed by atoms with van der Waals surface area (Å²) >= 11 is 1.30. The normalized spacial score (nSPS) is 12.2. The Hall–Kier alpha value is -1.30. The second-order valence-corrected chi connectivity index (χ2v) is 4.58. The number of hydrogen-bond acceptors (Lipinski definition) is 6. The summed E-state index contributed by atoms with van der Waals surface area (Å²) in [6.07, 6.45) is 3.93. The topological polar surface area (TPSA) is 61.3 Å². The van der Waals surface area contributed by atoms with Crippen LogP contribution in [0.2, 0.25) is 0 Å². The van der Waals surface area contributed by atoms with E-state index in [4.69, 9.17) is 9.47 Å². The molecule has 1 aromatic rings. The second-order valence-electron chi connectivity index (χ2n) is 3.26. The molecule has 0 spiro atoms. The minimum Gasteiger partial charge on any atom is -0.432 e. The summed E-state index contributed by atoms with van der Waals surface area (Å²) in [6.45, 7) is 5.28. The predicted octanol–water partition coefficient (Wildman–Crippen LogP) is 2.48. The highest BCUT2D eigenvalue weighted by atomic mass is 32.2. The van der Waals surface area contributed by atoms with Crippen LogP contribution in [-0.4, -0.2) is 27.7 Å². The molecule has 0 aliphatic heterocycles. The molecular formula is C10H14N2O3S. The molecule has 1 aromatic heterocycles. The summed E-state index contributed by atoms with van der Waals surface area (Å²) < 4.78 is 9.85. The number of nitrogens with zero attached hydrogens (tertiary/aromatic N) is 2. The number of thioether (sulfide) groups is 1. The zero-order chi connectivity index (χ0) is 12.0. The third-order valence-corrected chi connectivity index (χ3v) is 2.30. The van der Waals surface area contributed by atoms with Crippen LogP contribution >= 0.6 is 11.8 Å². The summed E-state index contributed by atoms with van der Waals surface area (Å²) in [4.78, 5) is 19.1. The lowest BCUT2D eigenvalue weighted by Gasteiger charge is -2.13. The molecule has 6 heteroatoms. The Morgan fingerprint density at radius 1 is 1.31 bits per heavy atom. The molecule has 88 valence electrons. The molecule has 1 atom stereocenters. The van der Waals surface area contributed by atoms with Crippen LogP contribution in [0.5, 0.6) is 0 Å². The number of ether oxygens (including phenoxy) is 2. The van der Waals surface area contributed by atoms with Crippen LogP contribution in [0, 0.1) is 0 Å². The summed E-state index contributed by atoms with van der Waals surface area (Å²) in [6, 6.07) is 0. The fourth-order valence-electron chi connectivity index (χ4n) is 0.896. The molecule has 1 heterocycles. The van der Waals surface area contributed by atoms with Gasteiger partial charge in [-0.1, -0.05) is 11.8 Å². The Labute approximate surface area is 98.6 Å². The van der Waals surface area contributed by atoms with E-state index in [0.717, 1.165) is 0 Å². The van der Waals surface area contributed by atoms with Crippen molar-refractivity contribution in [2.24, 2.45) is 0 Å². The van der Waals surface area contributed by atoms with Gasteiger partial charge in [-0.2, -0.15) is 0 Å². The molecule has 0 N–H and O–H groups in total. The first-order valence-corrected chi connectivity index (χ1v) is 5.76. The lowest BCUT2D eigenvalue weighted by Crippen LogP contribution is -2.17. The SMILES string of the molecule is CC(C)OC(=O)O[C@H](C)Sc1cnccn1. The van der Waals surface area contributed by atoms with Gasteiger partial charge in [0.15, 0.2) is 5.44 Å². The standard InChI is InChI=1S/C10H14N2O3S/c1-7(2)14-10(13)15-8(3)16-9-6-11-4-5-12-9/h4-8H,1-3H3/t8-/m0/s1. The van der Waals surface area contributed by atoms with Gasteiger partial charge in [-0.25, -0.2) is 9.78 Å². The lowest BCUT2D eigenvalue weighted by molar-refractivity contribution is 0.0311. The molecule has 0 unspecified atom stereocenters. The Bertz CT molecular complexity index is 332. The maximum atomic E-state index is 11.2. The highest BCUT2D eigenvalue weighted by molar-refractivity contribution is 7.99. The van der Waals surface area contributed by atoms with E-state index in [1.807, 2.05) is 0 Å². The van der Waals surface area contributed by atoms with Crippen LogP contribution in [0.4, 0.5) is 4.79 Å². The lowest BCUT2D eigenvalue weighted by atomic mass is 10.5. The largest absolute Gasteiger partial charge is 0.509 e. The molecule has 0 saturated heterocycles. The van der Waals surface area contributed by atoms with E-state index in [2.05, 4.69) is 9.97 Å².